The maximum Gasteiger partial charge on any atom is 0.237 e. The third-order valence-corrected chi connectivity index (χ3v) is 5.52. The molecule has 3 rings (SSSR count). The molecule has 2 aromatic heterocycles. The summed E-state index contributed by atoms with van der Waals surface area (Å²) in [4.78, 5) is 16.8. The van der Waals surface area contributed by atoms with Crippen LogP contribution >= 0.6 is 11.8 Å². The van der Waals surface area contributed by atoms with Crippen molar-refractivity contribution in [3.05, 3.63) is 23.1 Å². The van der Waals surface area contributed by atoms with E-state index in [0.717, 1.165) is 48.2 Å². The maximum atomic E-state index is 12.2. The Morgan fingerprint density at radius 3 is 2.92 bits per heavy atom. The molecule has 1 saturated heterocycles. The Labute approximate surface area is 157 Å². The number of rotatable bonds is 7. The van der Waals surface area contributed by atoms with Gasteiger partial charge in [-0.2, -0.15) is 0 Å². The zero-order valence-electron chi connectivity index (χ0n) is 15.7. The largest absolute Gasteiger partial charge is 0.376 e. The van der Waals surface area contributed by atoms with Gasteiger partial charge in [0.25, 0.3) is 0 Å². The van der Waals surface area contributed by atoms with Crippen molar-refractivity contribution in [2.24, 2.45) is 0 Å². The molecule has 0 bridgehead atoms. The van der Waals surface area contributed by atoms with E-state index in [9.17, 15) is 4.79 Å². The van der Waals surface area contributed by atoms with Crippen LogP contribution in [0, 0.1) is 13.8 Å². The molecule has 142 valence electrons. The molecule has 2 aromatic rings. The molecule has 1 N–H and O–H groups in total. The van der Waals surface area contributed by atoms with Crippen molar-refractivity contribution in [1.82, 2.24) is 14.7 Å². The van der Waals surface area contributed by atoms with Gasteiger partial charge in [-0.1, -0.05) is 30.8 Å². The standard InChI is InChI=1S/C18H26N4O3S/c1-11(2)15-8-17(25-21-15)20-16(23)10-26-18-19-12(3)13(4)22(18)9-14-6-5-7-24-14/h8,11,14H,5-7,9-10H2,1-4H3,(H,20,23)/t14-/m0/s1. The van der Waals surface area contributed by atoms with Crippen molar-refractivity contribution >= 4 is 23.6 Å². The third kappa shape index (κ3) is 4.48. The highest BCUT2D eigenvalue weighted by atomic mass is 32.2. The van der Waals surface area contributed by atoms with E-state index in [1.165, 1.54) is 11.8 Å². The van der Waals surface area contributed by atoms with Crippen LogP contribution < -0.4 is 5.32 Å². The highest BCUT2D eigenvalue weighted by Gasteiger charge is 2.21. The fourth-order valence-corrected chi connectivity index (χ4v) is 3.77. The third-order valence-electron chi connectivity index (χ3n) is 4.55. The molecule has 8 heteroatoms. The quantitative estimate of drug-likeness (QED) is 0.742. The zero-order chi connectivity index (χ0) is 18.7. The van der Waals surface area contributed by atoms with E-state index in [2.05, 4.69) is 26.9 Å². The van der Waals surface area contributed by atoms with Crippen molar-refractivity contribution in [3.63, 3.8) is 0 Å². The summed E-state index contributed by atoms with van der Waals surface area (Å²) in [5.41, 5.74) is 2.94. The van der Waals surface area contributed by atoms with Gasteiger partial charge in [-0.15, -0.1) is 0 Å². The van der Waals surface area contributed by atoms with Gasteiger partial charge in [0, 0.05) is 18.4 Å². The fourth-order valence-electron chi connectivity index (χ4n) is 2.86. The number of hydrogen-bond acceptors (Lipinski definition) is 6. The predicted molar refractivity (Wildman–Crippen MR) is 101 cm³/mol. The van der Waals surface area contributed by atoms with Crippen LogP contribution in [0.25, 0.3) is 0 Å². The van der Waals surface area contributed by atoms with Crippen LogP contribution in [0.15, 0.2) is 15.7 Å². The molecule has 0 spiro atoms. The number of carbonyl (C=O) groups excluding carboxylic acids is 1. The van der Waals surface area contributed by atoms with Crippen molar-refractivity contribution in [3.8, 4) is 0 Å². The molecule has 26 heavy (non-hydrogen) atoms. The number of nitrogens with zero attached hydrogens (tertiary/aromatic N) is 3. The van der Waals surface area contributed by atoms with Crippen molar-refractivity contribution in [1.29, 1.82) is 0 Å². The van der Waals surface area contributed by atoms with Gasteiger partial charge < -0.3 is 13.8 Å². The van der Waals surface area contributed by atoms with Crippen LogP contribution in [-0.2, 0) is 16.1 Å². The van der Waals surface area contributed by atoms with E-state index in [1.807, 2.05) is 20.8 Å². The van der Waals surface area contributed by atoms with E-state index >= 15 is 0 Å². The van der Waals surface area contributed by atoms with Gasteiger partial charge in [-0.3, -0.25) is 10.1 Å². The molecule has 0 radical (unpaired) electrons. The monoisotopic (exact) mass is 378 g/mol. The molecule has 0 unspecified atom stereocenters. The lowest BCUT2D eigenvalue weighted by atomic mass is 10.1. The summed E-state index contributed by atoms with van der Waals surface area (Å²) < 4.78 is 13.1. The minimum absolute atomic E-state index is 0.136. The Morgan fingerprint density at radius 2 is 2.27 bits per heavy atom. The summed E-state index contributed by atoms with van der Waals surface area (Å²) >= 11 is 1.43. The van der Waals surface area contributed by atoms with E-state index in [-0.39, 0.29) is 23.7 Å². The first-order valence-corrected chi connectivity index (χ1v) is 9.97. The summed E-state index contributed by atoms with van der Waals surface area (Å²) in [6.07, 6.45) is 2.42. The van der Waals surface area contributed by atoms with Gasteiger partial charge in [0.1, 0.15) is 0 Å². The van der Waals surface area contributed by atoms with Crippen LogP contribution in [0.4, 0.5) is 5.88 Å². The molecule has 1 aliphatic rings. The minimum Gasteiger partial charge on any atom is -0.376 e. The first-order valence-electron chi connectivity index (χ1n) is 8.98. The number of aryl methyl sites for hydroxylation is 1. The minimum atomic E-state index is -0.136. The highest BCUT2D eigenvalue weighted by Crippen LogP contribution is 2.25. The summed E-state index contributed by atoms with van der Waals surface area (Å²) in [6.45, 7) is 9.72. The number of thioether (sulfide) groups is 1. The Kier molecular flexibility index (Phi) is 6.03. The summed E-state index contributed by atoms with van der Waals surface area (Å²) in [5.74, 6) is 0.770. The van der Waals surface area contributed by atoms with Gasteiger partial charge in [0.15, 0.2) is 5.16 Å². The Morgan fingerprint density at radius 1 is 1.46 bits per heavy atom. The maximum absolute atomic E-state index is 12.2. The number of nitrogens with one attached hydrogen (secondary N) is 1. The van der Waals surface area contributed by atoms with Gasteiger partial charge in [-0.25, -0.2) is 4.98 Å². The molecular formula is C18H26N4O3S. The van der Waals surface area contributed by atoms with Crippen molar-refractivity contribution in [2.75, 3.05) is 17.7 Å². The average Bonchev–Trinajstić information content (AvgIpc) is 3.31. The van der Waals surface area contributed by atoms with Crippen LogP contribution in [0.1, 0.15) is 49.7 Å². The lowest BCUT2D eigenvalue weighted by molar-refractivity contribution is -0.113. The molecule has 3 heterocycles. The summed E-state index contributed by atoms with van der Waals surface area (Å²) in [5, 5.41) is 7.55. The molecule has 1 amide bonds. The van der Waals surface area contributed by atoms with Gasteiger partial charge >= 0.3 is 0 Å². The second kappa shape index (κ2) is 8.26. The smallest absolute Gasteiger partial charge is 0.237 e. The van der Waals surface area contributed by atoms with Crippen LogP contribution in [-0.4, -0.2) is 39.1 Å². The number of amides is 1. The number of hydrogen-bond donors (Lipinski definition) is 1. The molecule has 0 aliphatic carbocycles. The first-order chi connectivity index (χ1) is 12.4. The van der Waals surface area contributed by atoms with Crippen molar-refractivity contribution in [2.45, 2.75) is 64.3 Å². The summed E-state index contributed by atoms with van der Waals surface area (Å²) in [6, 6.07) is 1.76. The molecule has 7 nitrogen and oxygen atoms in total. The number of aromatic nitrogens is 3. The molecule has 1 aliphatic heterocycles. The Balaban J connectivity index is 1.59. The molecule has 1 fully saturated rings. The predicted octanol–water partition coefficient (Wildman–Crippen LogP) is 3.52. The van der Waals surface area contributed by atoms with E-state index in [1.54, 1.807) is 6.07 Å². The molecule has 1 atom stereocenters. The van der Waals surface area contributed by atoms with Gasteiger partial charge in [-0.05, 0) is 32.6 Å². The lowest BCUT2D eigenvalue weighted by Gasteiger charge is -2.14. The Bertz CT molecular complexity index is 763. The zero-order valence-corrected chi connectivity index (χ0v) is 16.6. The fraction of sp³-hybridized carbons (Fsp3) is 0.611. The van der Waals surface area contributed by atoms with Crippen molar-refractivity contribution < 1.29 is 14.1 Å². The Hall–Kier alpha value is -1.80. The number of ether oxygens (including phenoxy) is 1. The normalized spacial score (nSPS) is 17.2. The molecule has 0 aromatic carbocycles. The second-order valence-electron chi connectivity index (χ2n) is 6.92. The van der Waals surface area contributed by atoms with Gasteiger partial charge in [0.05, 0.1) is 29.8 Å². The number of carbonyl (C=O) groups is 1. The van der Waals surface area contributed by atoms with E-state index in [4.69, 9.17) is 9.26 Å². The number of anilines is 1. The average molecular weight is 378 g/mol. The van der Waals surface area contributed by atoms with Crippen LogP contribution in [0.3, 0.4) is 0 Å². The van der Waals surface area contributed by atoms with E-state index < -0.39 is 0 Å². The molecule has 0 saturated carbocycles. The first kappa shape index (κ1) is 19.0. The lowest BCUT2D eigenvalue weighted by Crippen LogP contribution is -2.18. The highest BCUT2D eigenvalue weighted by molar-refractivity contribution is 7.99. The second-order valence-corrected chi connectivity index (χ2v) is 7.86. The molecular weight excluding hydrogens is 352 g/mol. The van der Waals surface area contributed by atoms with E-state index in [0.29, 0.717) is 5.88 Å². The summed E-state index contributed by atoms with van der Waals surface area (Å²) in [7, 11) is 0. The van der Waals surface area contributed by atoms with Crippen LogP contribution in [0.5, 0.6) is 0 Å². The SMILES string of the molecule is Cc1nc(SCC(=O)Nc2cc(C(C)C)no2)n(C[C@@H]2CCCO2)c1C. The van der Waals surface area contributed by atoms with Crippen LogP contribution in [0.2, 0.25) is 0 Å². The number of imidazole rings is 1. The topological polar surface area (TPSA) is 82.2 Å². The van der Waals surface area contributed by atoms with Gasteiger partial charge in [0.2, 0.25) is 11.8 Å².